The van der Waals surface area contributed by atoms with Crippen LogP contribution in [0.4, 0.5) is 5.69 Å². The molecule has 2 aliphatic rings. The second kappa shape index (κ2) is 11.7. The number of benzene rings is 2. The minimum atomic E-state index is -2.47. The number of amides is 1. The van der Waals surface area contributed by atoms with E-state index in [0.717, 1.165) is 42.8 Å². The minimum Gasteiger partial charge on any atom is -0.432 e. The number of β-lactam (4-membered cyclic amide) rings is 1. The molecule has 2 aromatic carbocycles. The van der Waals surface area contributed by atoms with E-state index in [4.69, 9.17) is 4.74 Å². The SMILES string of the molecule is C[C@H]1[C@H]([Si](C)(C)O)[C@@H](CCn2cc(C(CO)c3ccccc3)nn2)O[C@H]1CCc1ccc(N2CCC2=O)cc1. The highest BCUT2D eigenvalue weighted by Crippen LogP contribution is 2.45. The Bertz CT molecular complexity index is 1240. The van der Waals surface area contributed by atoms with Gasteiger partial charge in [0.05, 0.1) is 30.4 Å². The first-order chi connectivity index (χ1) is 18.7. The van der Waals surface area contributed by atoms with Crippen LogP contribution in [0.2, 0.25) is 18.6 Å². The second-order valence-corrected chi connectivity index (χ2v) is 15.6. The number of rotatable bonds is 11. The Morgan fingerprint density at radius 2 is 1.82 bits per heavy atom. The van der Waals surface area contributed by atoms with Crippen LogP contribution >= 0.6 is 0 Å². The predicted molar refractivity (Wildman–Crippen MR) is 153 cm³/mol. The van der Waals surface area contributed by atoms with Gasteiger partial charge in [-0.3, -0.25) is 9.48 Å². The van der Waals surface area contributed by atoms with Crippen molar-refractivity contribution in [2.45, 2.75) is 75.9 Å². The topological polar surface area (TPSA) is 101 Å². The lowest BCUT2D eigenvalue weighted by Crippen LogP contribution is -2.43. The van der Waals surface area contributed by atoms with E-state index in [9.17, 15) is 14.7 Å². The Balaban J connectivity index is 1.20. The Morgan fingerprint density at radius 1 is 1.08 bits per heavy atom. The molecule has 9 heteroatoms. The van der Waals surface area contributed by atoms with Gasteiger partial charge in [-0.05, 0) is 61.5 Å². The van der Waals surface area contributed by atoms with Crippen LogP contribution in [0.3, 0.4) is 0 Å². The summed E-state index contributed by atoms with van der Waals surface area (Å²) in [6.07, 6.45) is 5.14. The van der Waals surface area contributed by atoms with Gasteiger partial charge in [-0.2, -0.15) is 0 Å². The Hall–Kier alpha value is -2.85. The fourth-order valence-electron chi connectivity index (χ4n) is 6.32. The molecule has 2 N–H and O–H groups in total. The van der Waals surface area contributed by atoms with E-state index in [1.165, 1.54) is 5.56 Å². The number of ether oxygens (including phenoxy) is 1. The van der Waals surface area contributed by atoms with E-state index in [1.807, 2.05) is 71.3 Å². The summed E-state index contributed by atoms with van der Waals surface area (Å²) in [5.74, 6) is 0.252. The van der Waals surface area contributed by atoms with E-state index in [-0.39, 0.29) is 42.1 Å². The number of aliphatic hydroxyl groups excluding tert-OH is 1. The third-order valence-corrected chi connectivity index (χ3v) is 11.0. The van der Waals surface area contributed by atoms with E-state index in [1.54, 1.807) is 0 Å². The zero-order chi connectivity index (χ0) is 27.6. The average Bonchev–Trinajstić information content (AvgIpc) is 3.51. The molecule has 0 spiro atoms. The standard InChI is InChI=1S/C30H40N4O4Si/c1-21-27(14-11-22-9-12-24(13-10-22)34-18-16-29(34)36)38-28(30(21)39(2,3)37)15-17-33-19-26(31-32-33)25(20-35)23-7-5-4-6-8-23/h4-10,12-13,19,21,25,27-28,30,35,37H,11,14-18,20H2,1-3H3/t21-,25?,27+,28-,30+/m1/s1. The van der Waals surface area contributed by atoms with E-state index in [0.29, 0.717) is 13.0 Å². The highest BCUT2D eigenvalue weighted by Gasteiger charge is 2.49. The number of aromatic nitrogens is 3. The second-order valence-electron chi connectivity index (χ2n) is 11.6. The summed E-state index contributed by atoms with van der Waals surface area (Å²) in [6.45, 7) is 7.67. The van der Waals surface area contributed by atoms with E-state index < -0.39 is 8.32 Å². The lowest BCUT2D eigenvalue weighted by atomic mass is 9.95. The first-order valence-electron chi connectivity index (χ1n) is 14.1. The normalized spacial score (nSPS) is 24.1. The van der Waals surface area contributed by atoms with Crippen LogP contribution in [0.25, 0.3) is 0 Å². The molecule has 0 aliphatic carbocycles. The van der Waals surface area contributed by atoms with Gasteiger partial charge in [0.1, 0.15) is 0 Å². The number of hydrogen-bond donors (Lipinski definition) is 2. The Morgan fingerprint density at radius 3 is 2.44 bits per heavy atom. The smallest absolute Gasteiger partial charge is 0.228 e. The molecule has 39 heavy (non-hydrogen) atoms. The summed E-state index contributed by atoms with van der Waals surface area (Å²) >= 11 is 0. The molecule has 5 rings (SSSR count). The van der Waals surface area contributed by atoms with Gasteiger partial charge in [0.2, 0.25) is 5.91 Å². The maximum Gasteiger partial charge on any atom is 0.228 e. The summed E-state index contributed by atoms with van der Waals surface area (Å²) in [5, 5.41) is 18.7. The van der Waals surface area contributed by atoms with Crippen LogP contribution in [-0.4, -0.2) is 64.5 Å². The molecule has 5 atom stereocenters. The van der Waals surface area contributed by atoms with Gasteiger partial charge < -0.3 is 19.5 Å². The number of aliphatic hydroxyl groups is 1. The van der Waals surface area contributed by atoms with Crippen LogP contribution in [0.15, 0.2) is 60.8 Å². The van der Waals surface area contributed by atoms with E-state index in [2.05, 4.69) is 29.4 Å². The molecule has 3 aromatic rings. The molecule has 2 aliphatic heterocycles. The fraction of sp³-hybridized carbons (Fsp3) is 0.500. The summed E-state index contributed by atoms with van der Waals surface area (Å²) in [5.41, 5.74) is 4.11. The average molecular weight is 549 g/mol. The molecule has 3 heterocycles. The van der Waals surface area contributed by atoms with Crippen LogP contribution in [0.5, 0.6) is 0 Å². The largest absolute Gasteiger partial charge is 0.432 e. The lowest BCUT2D eigenvalue weighted by molar-refractivity contribution is -0.122. The number of carbonyl (C=O) groups excluding carboxylic acids is 1. The van der Waals surface area contributed by atoms with Crippen LogP contribution in [0.1, 0.15) is 48.9 Å². The van der Waals surface area contributed by atoms with Crippen molar-refractivity contribution in [3.63, 3.8) is 0 Å². The fourth-order valence-corrected chi connectivity index (χ4v) is 8.97. The first-order valence-corrected chi connectivity index (χ1v) is 17.1. The zero-order valence-electron chi connectivity index (χ0n) is 23.1. The van der Waals surface area contributed by atoms with E-state index >= 15 is 0 Å². The molecule has 0 saturated carbocycles. The number of nitrogens with zero attached hydrogens (tertiary/aromatic N) is 4. The Labute approximate surface area is 231 Å². The number of hydrogen-bond acceptors (Lipinski definition) is 6. The quantitative estimate of drug-likeness (QED) is 0.276. The predicted octanol–water partition coefficient (Wildman–Crippen LogP) is 4.13. The molecule has 0 bridgehead atoms. The molecule has 2 fully saturated rings. The van der Waals surface area contributed by atoms with Crippen molar-refractivity contribution >= 4 is 19.9 Å². The van der Waals surface area contributed by atoms with Gasteiger partial charge in [-0.1, -0.05) is 54.6 Å². The maximum atomic E-state index is 11.7. The van der Waals surface area contributed by atoms with Gasteiger partial charge in [-0.25, -0.2) is 0 Å². The van der Waals surface area contributed by atoms with Crippen molar-refractivity contribution < 1.29 is 19.4 Å². The van der Waals surface area contributed by atoms with Crippen molar-refractivity contribution in [3.8, 4) is 0 Å². The van der Waals surface area contributed by atoms with Crippen LogP contribution in [-0.2, 0) is 22.5 Å². The number of aryl methyl sites for hydroxylation is 2. The molecule has 1 amide bonds. The number of carbonyl (C=O) groups is 1. The van der Waals surface area contributed by atoms with Crippen LogP contribution in [0, 0.1) is 5.92 Å². The lowest BCUT2D eigenvalue weighted by Gasteiger charge is -2.30. The summed E-state index contributed by atoms with van der Waals surface area (Å²) in [6, 6.07) is 18.2. The zero-order valence-corrected chi connectivity index (χ0v) is 24.1. The van der Waals surface area contributed by atoms with Gasteiger partial charge in [0.15, 0.2) is 8.32 Å². The van der Waals surface area contributed by atoms with Crippen molar-refractivity contribution in [1.29, 1.82) is 0 Å². The van der Waals surface area contributed by atoms with Crippen molar-refractivity contribution in [3.05, 3.63) is 77.6 Å². The van der Waals surface area contributed by atoms with Crippen molar-refractivity contribution in [2.24, 2.45) is 5.92 Å². The van der Waals surface area contributed by atoms with Crippen molar-refractivity contribution in [1.82, 2.24) is 15.0 Å². The summed E-state index contributed by atoms with van der Waals surface area (Å²) in [7, 11) is -2.47. The van der Waals surface area contributed by atoms with Crippen molar-refractivity contribution in [2.75, 3.05) is 18.1 Å². The number of anilines is 1. The summed E-state index contributed by atoms with van der Waals surface area (Å²) < 4.78 is 8.45. The molecule has 208 valence electrons. The van der Waals surface area contributed by atoms with Gasteiger partial charge in [0, 0.05) is 36.9 Å². The van der Waals surface area contributed by atoms with Crippen LogP contribution < -0.4 is 4.90 Å². The molecular weight excluding hydrogens is 508 g/mol. The highest BCUT2D eigenvalue weighted by atomic mass is 28.4. The molecular formula is C30H40N4O4Si. The molecule has 0 radical (unpaired) electrons. The summed E-state index contributed by atoms with van der Waals surface area (Å²) in [4.78, 5) is 24.7. The third kappa shape index (κ3) is 6.16. The molecule has 8 nitrogen and oxygen atoms in total. The maximum absolute atomic E-state index is 11.7. The van der Waals surface area contributed by atoms with Gasteiger partial charge in [0.25, 0.3) is 0 Å². The molecule has 1 unspecified atom stereocenters. The monoisotopic (exact) mass is 548 g/mol. The highest BCUT2D eigenvalue weighted by molar-refractivity contribution is 6.71. The van der Waals surface area contributed by atoms with Gasteiger partial charge in [-0.15, -0.1) is 5.10 Å². The third-order valence-electron chi connectivity index (χ3n) is 8.48. The molecule has 1 aromatic heterocycles. The molecule has 2 saturated heterocycles. The first kappa shape index (κ1) is 27.7. The Kier molecular flexibility index (Phi) is 8.32. The minimum absolute atomic E-state index is 0.0287. The van der Waals surface area contributed by atoms with Gasteiger partial charge >= 0.3 is 0 Å².